The van der Waals surface area contributed by atoms with Crippen molar-refractivity contribution in [3.8, 4) is 67.3 Å². The van der Waals surface area contributed by atoms with Gasteiger partial charge in [-0.25, -0.2) is 34.9 Å². The van der Waals surface area contributed by atoms with E-state index in [4.69, 9.17) is 34.9 Å². The summed E-state index contributed by atoms with van der Waals surface area (Å²) in [5.74, 6) is 0.925. The SMILES string of the molecule is CC1(C)c2ccccc2-c2ccc(-c3ccc4c(c3)c3nc5ccccc5cc3c3nc5ccccc5n43)cc21.c1ccc(-n2c(-c3ccc(-c4ccc5c(c4)c4nc6ccccc6cc4c4nc6ccccc6n54)cc3)nc3ccccc32)cc1.c1ccc2nc3c4cc(-c5ccc(-n6c7ccccc7c7ccccc76)cc5)ccc4n4c5ccccc5nc4c3cc2c1. The first-order valence-electron chi connectivity index (χ1n) is 44.2. The minimum atomic E-state index is -0.0339. The van der Waals surface area contributed by atoms with Gasteiger partial charge in [0.15, 0.2) is 0 Å². The number of pyridine rings is 6. The minimum absolute atomic E-state index is 0.0339. The molecule has 0 fully saturated rings. The number of nitrogens with zero attached hydrogens (tertiary/aromatic N) is 12. The molecule has 0 bridgehead atoms. The molecule has 1 aliphatic carbocycles. The first-order chi connectivity index (χ1) is 64.2. The second-order valence-electron chi connectivity index (χ2n) is 34.7. The van der Waals surface area contributed by atoms with E-state index >= 15 is 0 Å². The molecule has 0 N–H and O–H groups in total. The van der Waals surface area contributed by atoms with E-state index in [1.54, 1.807) is 0 Å². The van der Waals surface area contributed by atoms with Gasteiger partial charge in [-0.15, -0.1) is 0 Å². The molecule has 11 aromatic heterocycles. The highest BCUT2D eigenvalue weighted by molar-refractivity contribution is 6.19. The molecule has 12 nitrogen and oxygen atoms in total. The van der Waals surface area contributed by atoms with E-state index in [-0.39, 0.29) is 5.41 Å². The highest BCUT2D eigenvalue weighted by Gasteiger charge is 2.36. The van der Waals surface area contributed by atoms with Crippen LogP contribution in [0.4, 0.5) is 0 Å². The van der Waals surface area contributed by atoms with Gasteiger partial charge >= 0.3 is 0 Å². The van der Waals surface area contributed by atoms with E-state index in [0.29, 0.717) is 0 Å². The van der Waals surface area contributed by atoms with Crippen molar-refractivity contribution in [3.05, 3.63) is 424 Å². The second-order valence-corrected chi connectivity index (χ2v) is 34.7. The van der Waals surface area contributed by atoms with Gasteiger partial charge in [-0.3, -0.25) is 17.8 Å². The average molecular weight is 1660 g/mol. The van der Waals surface area contributed by atoms with Crippen molar-refractivity contribution in [1.82, 2.24) is 57.2 Å². The molecule has 11 heterocycles. The van der Waals surface area contributed by atoms with Gasteiger partial charge in [0.05, 0.1) is 105 Å². The normalized spacial score (nSPS) is 12.6. The van der Waals surface area contributed by atoms with Crippen molar-refractivity contribution in [2.24, 2.45) is 0 Å². The van der Waals surface area contributed by atoms with Crippen LogP contribution in [-0.2, 0) is 5.41 Å². The predicted molar refractivity (Wildman–Crippen MR) is 537 cm³/mol. The zero-order chi connectivity index (χ0) is 85.6. The van der Waals surface area contributed by atoms with E-state index in [2.05, 4.69) is 418 Å². The van der Waals surface area contributed by atoms with Crippen LogP contribution in [0.5, 0.6) is 0 Å². The zero-order valence-corrected chi connectivity index (χ0v) is 70.6. The van der Waals surface area contributed by atoms with Crippen LogP contribution < -0.4 is 0 Å². The van der Waals surface area contributed by atoms with Gasteiger partial charge in [0, 0.05) is 81.6 Å². The molecule has 0 atom stereocenters. The van der Waals surface area contributed by atoms with Crippen molar-refractivity contribution < 1.29 is 0 Å². The van der Waals surface area contributed by atoms with Gasteiger partial charge in [-0.05, 0) is 219 Å². The smallest absolute Gasteiger partial charge is 0.147 e. The van der Waals surface area contributed by atoms with Gasteiger partial charge in [-0.2, -0.15) is 0 Å². The minimum Gasteiger partial charge on any atom is -0.309 e. The number of hydrogen-bond acceptors (Lipinski definition) is 7. The number of imidazole rings is 4. The number of rotatable bonds is 6. The summed E-state index contributed by atoms with van der Waals surface area (Å²) in [5.41, 5.74) is 38.6. The Hall–Kier alpha value is -17.4. The molecule has 0 amide bonds. The highest BCUT2D eigenvalue weighted by Crippen LogP contribution is 2.51. The van der Waals surface area contributed by atoms with Gasteiger partial charge in [0.25, 0.3) is 0 Å². The van der Waals surface area contributed by atoms with Crippen molar-refractivity contribution in [2.45, 2.75) is 19.3 Å². The number of hydrogen-bond donors (Lipinski definition) is 0. The van der Waals surface area contributed by atoms with E-state index in [0.717, 1.165) is 199 Å². The molecule has 0 saturated heterocycles. The molecular weight excluding hydrogens is 1590 g/mol. The molecule has 28 aromatic rings. The zero-order valence-electron chi connectivity index (χ0n) is 70.6. The predicted octanol–water partition coefficient (Wildman–Crippen LogP) is 29.4. The van der Waals surface area contributed by atoms with E-state index in [9.17, 15) is 0 Å². The van der Waals surface area contributed by atoms with Gasteiger partial charge < -0.3 is 4.57 Å². The molecule has 606 valence electrons. The van der Waals surface area contributed by atoms with Gasteiger partial charge in [0.2, 0.25) is 0 Å². The van der Waals surface area contributed by atoms with Crippen molar-refractivity contribution in [1.29, 1.82) is 0 Å². The van der Waals surface area contributed by atoms with Crippen molar-refractivity contribution in [3.63, 3.8) is 0 Å². The van der Waals surface area contributed by atoms with Crippen LogP contribution in [-0.4, -0.2) is 57.2 Å². The number of aromatic nitrogens is 12. The third-order valence-corrected chi connectivity index (χ3v) is 27.1. The molecule has 0 radical (unpaired) electrons. The number of benzene rings is 17. The lowest BCUT2D eigenvalue weighted by atomic mass is 9.81. The second kappa shape index (κ2) is 28.3. The van der Waals surface area contributed by atoms with Gasteiger partial charge in [0.1, 0.15) is 22.8 Å². The summed E-state index contributed by atoms with van der Waals surface area (Å²) < 4.78 is 11.5. The third-order valence-electron chi connectivity index (χ3n) is 27.1. The summed E-state index contributed by atoms with van der Waals surface area (Å²) in [6.45, 7) is 4.68. The fourth-order valence-electron chi connectivity index (χ4n) is 20.9. The monoisotopic (exact) mass is 1660 g/mol. The highest BCUT2D eigenvalue weighted by atomic mass is 15.1. The Kier molecular flexibility index (Phi) is 15.9. The molecule has 29 rings (SSSR count). The molecule has 130 heavy (non-hydrogen) atoms. The molecular formula is C118H74N12. The Bertz CT molecular complexity index is 9620. The molecule has 17 aromatic carbocycles. The summed E-state index contributed by atoms with van der Waals surface area (Å²) in [6.07, 6.45) is 0. The first-order valence-corrected chi connectivity index (χ1v) is 44.2. The lowest BCUT2D eigenvalue weighted by Gasteiger charge is -2.22. The summed E-state index contributed by atoms with van der Waals surface area (Å²) in [4.78, 5) is 35.9. The van der Waals surface area contributed by atoms with Crippen LogP contribution in [0.2, 0.25) is 0 Å². The Morgan fingerprint density at radius 3 is 0.992 bits per heavy atom. The summed E-state index contributed by atoms with van der Waals surface area (Å²) in [5, 5.41) is 12.4. The lowest BCUT2D eigenvalue weighted by Crippen LogP contribution is -2.14. The number of para-hydroxylation sites is 14. The maximum Gasteiger partial charge on any atom is 0.147 e. The van der Waals surface area contributed by atoms with Crippen molar-refractivity contribution in [2.75, 3.05) is 0 Å². The van der Waals surface area contributed by atoms with Crippen LogP contribution in [0.15, 0.2) is 413 Å². The van der Waals surface area contributed by atoms with Crippen LogP contribution in [0.1, 0.15) is 25.0 Å². The van der Waals surface area contributed by atoms with Gasteiger partial charge in [-0.1, -0.05) is 263 Å². The summed E-state index contributed by atoms with van der Waals surface area (Å²) in [6, 6.07) is 147. The first kappa shape index (κ1) is 73.0. The van der Waals surface area contributed by atoms with Crippen LogP contribution in [0.3, 0.4) is 0 Å². The van der Waals surface area contributed by atoms with Crippen molar-refractivity contribution >= 4 is 181 Å². The fraction of sp³-hybridized carbons (Fsp3) is 0.0254. The molecule has 0 saturated carbocycles. The standard InChI is InChI=1S/C41H25N5.C40H24N4.C37H25N3/c1-2-11-30(12-3-1)45-37-16-8-6-14-34(37)43-40(45)27-20-18-26(19-21-27)28-22-23-36-31(24-28)39-32(25-29-10-4-5-13-33(29)42-39)41-44-35-15-7-9-17-38(35)46(36)41;1-4-12-33-27(9-1)24-32-39(41-33)31-23-26(19-22-37(31)44-38-16-8-5-13-34(38)42-40(32)44)25-17-20-28(21-18-25)43-35-14-6-2-10-29(35)30-11-3-7-15-36(30)43;1-37(2)29-11-5-4-10-25(29)26-17-15-23(21-30(26)37)22-16-18-33-27(19-22)35-28(20-24-9-3-6-12-31(24)38-35)36-39-32-13-7-8-14-34(32)40(33)36/h1-25H;1-24H;3-21H,1-2H3. The Morgan fingerprint density at radius 1 is 0.192 bits per heavy atom. The Labute approximate surface area is 743 Å². The maximum absolute atomic E-state index is 5.22. The average Bonchev–Trinajstić information content (AvgIpc) is 1.78. The van der Waals surface area contributed by atoms with Crippen LogP contribution in [0.25, 0.3) is 248 Å². The molecule has 12 heteroatoms. The van der Waals surface area contributed by atoms with E-state index in [1.807, 2.05) is 30.3 Å². The quantitative estimate of drug-likeness (QED) is 0.120. The van der Waals surface area contributed by atoms with E-state index < -0.39 is 0 Å². The maximum atomic E-state index is 5.22. The van der Waals surface area contributed by atoms with E-state index in [1.165, 1.54) is 60.8 Å². The molecule has 0 aliphatic heterocycles. The molecule has 0 spiro atoms. The van der Waals surface area contributed by atoms with Crippen LogP contribution >= 0.6 is 0 Å². The Balaban J connectivity index is 0.000000101. The fourth-order valence-corrected chi connectivity index (χ4v) is 20.9. The third kappa shape index (κ3) is 11.2. The topological polar surface area (TPSA) is 113 Å². The summed E-state index contributed by atoms with van der Waals surface area (Å²) in [7, 11) is 0. The molecule has 1 aliphatic rings. The Morgan fingerprint density at radius 2 is 0.523 bits per heavy atom. The number of fused-ring (bicyclic) bond motifs is 34. The largest absolute Gasteiger partial charge is 0.309 e. The molecule has 0 unspecified atom stereocenters. The van der Waals surface area contributed by atoms with Crippen LogP contribution in [0, 0.1) is 0 Å². The lowest BCUT2D eigenvalue weighted by molar-refractivity contribution is 0.660. The summed E-state index contributed by atoms with van der Waals surface area (Å²) >= 11 is 0.